The molecule has 0 aliphatic carbocycles. The standard InChI is InChI=1S/C16H17N3O/c1-11(17)16-18-13-8-5-9-14(15(13)19-16)20-10-12-6-3-2-4-7-12/h2-9,11H,10,17H2,1H3,(H,18,19)/t11-/m0/s1. The molecule has 3 aromatic rings. The third kappa shape index (κ3) is 2.51. The van der Waals surface area contributed by atoms with Crippen LogP contribution in [-0.4, -0.2) is 9.97 Å². The van der Waals surface area contributed by atoms with Crippen molar-refractivity contribution in [2.45, 2.75) is 19.6 Å². The summed E-state index contributed by atoms with van der Waals surface area (Å²) in [5, 5.41) is 0. The highest BCUT2D eigenvalue weighted by Gasteiger charge is 2.10. The van der Waals surface area contributed by atoms with Crippen LogP contribution in [0.3, 0.4) is 0 Å². The lowest BCUT2D eigenvalue weighted by atomic mass is 10.2. The highest BCUT2D eigenvalue weighted by atomic mass is 16.5. The van der Waals surface area contributed by atoms with Crippen molar-refractivity contribution in [1.82, 2.24) is 9.97 Å². The van der Waals surface area contributed by atoms with Gasteiger partial charge in [-0.05, 0) is 24.6 Å². The minimum absolute atomic E-state index is 0.121. The second-order valence-corrected chi connectivity index (χ2v) is 4.84. The summed E-state index contributed by atoms with van der Waals surface area (Å²) < 4.78 is 5.88. The van der Waals surface area contributed by atoms with E-state index in [1.165, 1.54) is 0 Å². The number of para-hydroxylation sites is 1. The average Bonchev–Trinajstić information content (AvgIpc) is 2.91. The van der Waals surface area contributed by atoms with Gasteiger partial charge in [0, 0.05) is 0 Å². The maximum absolute atomic E-state index is 5.88. The molecule has 0 unspecified atom stereocenters. The van der Waals surface area contributed by atoms with Gasteiger partial charge in [0.25, 0.3) is 0 Å². The molecule has 0 spiro atoms. The molecule has 0 bridgehead atoms. The van der Waals surface area contributed by atoms with Crippen molar-refractivity contribution in [2.75, 3.05) is 0 Å². The Morgan fingerprint density at radius 3 is 2.70 bits per heavy atom. The number of H-pyrrole nitrogens is 1. The number of nitrogens with two attached hydrogens (primary N) is 1. The summed E-state index contributed by atoms with van der Waals surface area (Å²) in [6, 6.07) is 15.8. The number of fused-ring (bicyclic) bond motifs is 1. The fourth-order valence-electron chi connectivity index (χ4n) is 2.09. The van der Waals surface area contributed by atoms with E-state index in [-0.39, 0.29) is 6.04 Å². The summed E-state index contributed by atoms with van der Waals surface area (Å²) >= 11 is 0. The summed E-state index contributed by atoms with van der Waals surface area (Å²) in [6.07, 6.45) is 0. The van der Waals surface area contributed by atoms with Crippen LogP contribution in [0.25, 0.3) is 11.0 Å². The van der Waals surface area contributed by atoms with Crippen molar-refractivity contribution < 1.29 is 4.74 Å². The van der Waals surface area contributed by atoms with Crippen LogP contribution in [0.2, 0.25) is 0 Å². The zero-order valence-corrected chi connectivity index (χ0v) is 11.3. The van der Waals surface area contributed by atoms with E-state index in [2.05, 4.69) is 9.97 Å². The molecule has 2 aromatic carbocycles. The van der Waals surface area contributed by atoms with E-state index in [0.717, 1.165) is 28.2 Å². The van der Waals surface area contributed by atoms with Gasteiger partial charge in [-0.25, -0.2) is 4.98 Å². The molecule has 4 heteroatoms. The van der Waals surface area contributed by atoms with Gasteiger partial charge in [0.2, 0.25) is 0 Å². The smallest absolute Gasteiger partial charge is 0.147 e. The van der Waals surface area contributed by atoms with Crippen molar-refractivity contribution in [2.24, 2.45) is 5.73 Å². The number of hydrogen-bond acceptors (Lipinski definition) is 3. The lowest BCUT2D eigenvalue weighted by Crippen LogP contribution is -2.06. The molecule has 1 aromatic heterocycles. The molecule has 3 N–H and O–H groups in total. The first-order valence-corrected chi connectivity index (χ1v) is 6.65. The molecule has 0 amide bonds. The summed E-state index contributed by atoms with van der Waals surface area (Å²) in [5.41, 5.74) is 8.77. The summed E-state index contributed by atoms with van der Waals surface area (Å²) in [4.78, 5) is 7.74. The third-order valence-corrected chi connectivity index (χ3v) is 3.16. The first-order chi connectivity index (χ1) is 9.74. The molecule has 0 aliphatic heterocycles. The van der Waals surface area contributed by atoms with Gasteiger partial charge in [-0.15, -0.1) is 0 Å². The highest BCUT2D eigenvalue weighted by Crippen LogP contribution is 2.25. The Morgan fingerprint density at radius 1 is 1.15 bits per heavy atom. The topological polar surface area (TPSA) is 63.9 Å². The summed E-state index contributed by atoms with van der Waals surface area (Å²) in [5.74, 6) is 1.55. The van der Waals surface area contributed by atoms with Crippen LogP contribution in [0.1, 0.15) is 24.4 Å². The average molecular weight is 267 g/mol. The molecular formula is C16H17N3O. The molecule has 0 saturated heterocycles. The molecule has 1 heterocycles. The van der Waals surface area contributed by atoms with Crippen LogP contribution in [-0.2, 0) is 6.61 Å². The monoisotopic (exact) mass is 267 g/mol. The SMILES string of the molecule is C[C@H](N)c1nc2c(OCc3ccccc3)cccc2[nH]1. The van der Waals surface area contributed by atoms with Crippen LogP contribution >= 0.6 is 0 Å². The molecular weight excluding hydrogens is 250 g/mol. The van der Waals surface area contributed by atoms with Crippen molar-refractivity contribution in [3.8, 4) is 5.75 Å². The Kier molecular flexibility index (Phi) is 3.39. The molecule has 0 radical (unpaired) electrons. The molecule has 0 aliphatic rings. The first-order valence-electron chi connectivity index (χ1n) is 6.65. The van der Waals surface area contributed by atoms with E-state index < -0.39 is 0 Å². The number of rotatable bonds is 4. The molecule has 0 saturated carbocycles. The van der Waals surface area contributed by atoms with Crippen molar-refractivity contribution in [1.29, 1.82) is 0 Å². The van der Waals surface area contributed by atoms with Gasteiger partial charge in [0.15, 0.2) is 0 Å². The van der Waals surface area contributed by atoms with Crippen molar-refractivity contribution >= 4 is 11.0 Å². The Balaban J connectivity index is 1.87. The van der Waals surface area contributed by atoms with Gasteiger partial charge in [0.1, 0.15) is 23.7 Å². The minimum atomic E-state index is -0.121. The quantitative estimate of drug-likeness (QED) is 0.763. The van der Waals surface area contributed by atoms with Crippen LogP contribution in [0, 0.1) is 0 Å². The summed E-state index contributed by atoms with van der Waals surface area (Å²) in [7, 11) is 0. The number of ether oxygens (including phenoxy) is 1. The second-order valence-electron chi connectivity index (χ2n) is 4.84. The Hall–Kier alpha value is -2.33. The van der Waals surface area contributed by atoms with Gasteiger partial charge in [-0.1, -0.05) is 36.4 Å². The zero-order chi connectivity index (χ0) is 13.9. The number of benzene rings is 2. The number of aromatic amines is 1. The van der Waals surface area contributed by atoms with E-state index >= 15 is 0 Å². The Bertz CT molecular complexity index is 704. The van der Waals surface area contributed by atoms with E-state index in [1.807, 2.05) is 55.5 Å². The van der Waals surface area contributed by atoms with Crippen LogP contribution in [0.15, 0.2) is 48.5 Å². The predicted molar refractivity (Wildman–Crippen MR) is 79.5 cm³/mol. The highest BCUT2D eigenvalue weighted by molar-refractivity contribution is 5.81. The van der Waals surface area contributed by atoms with Gasteiger partial charge in [-0.2, -0.15) is 0 Å². The predicted octanol–water partition coefficient (Wildman–Crippen LogP) is 3.16. The van der Waals surface area contributed by atoms with Crippen LogP contribution < -0.4 is 10.5 Å². The van der Waals surface area contributed by atoms with Crippen molar-refractivity contribution in [3.63, 3.8) is 0 Å². The largest absolute Gasteiger partial charge is 0.487 e. The van der Waals surface area contributed by atoms with Crippen LogP contribution in [0.5, 0.6) is 5.75 Å². The molecule has 3 rings (SSSR count). The number of imidazole rings is 1. The lowest BCUT2D eigenvalue weighted by Gasteiger charge is -2.06. The number of nitrogens with zero attached hydrogens (tertiary/aromatic N) is 1. The maximum Gasteiger partial charge on any atom is 0.147 e. The normalized spacial score (nSPS) is 12.5. The fraction of sp³-hybridized carbons (Fsp3) is 0.188. The fourth-order valence-corrected chi connectivity index (χ4v) is 2.09. The second kappa shape index (κ2) is 5.35. The Morgan fingerprint density at radius 2 is 1.95 bits per heavy atom. The first kappa shape index (κ1) is 12.7. The maximum atomic E-state index is 5.88. The Labute approximate surface area is 117 Å². The molecule has 4 nitrogen and oxygen atoms in total. The van der Waals surface area contributed by atoms with E-state index in [0.29, 0.717) is 6.61 Å². The van der Waals surface area contributed by atoms with Crippen molar-refractivity contribution in [3.05, 3.63) is 59.9 Å². The number of hydrogen-bond donors (Lipinski definition) is 2. The number of aromatic nitrogens is 2. The van der Waals surface area contributed by atoms with Crippen LogP contribution in [0.4, 0.5) is 0 Å². The molecule has 0 fully saturated rings. The lowest BCUT2D eigenvalue weighted by molar-refractivity contribution is 0.309. The molecule has 102 valence electrons. The molecule has 20 heavy (non-hydrogen) atoms. The van der Waals surface area contributed by atoms with E-state index in [9.17, 15) is 0 Å². The van der Waals surface area contributed by atoms with Gasteiger partial charge < -0.3 is 15.5 Å². The van der Waals surface area contributed by atoms with Gasteiger partial charge in [0.05, 0.1) is 11.6 Å². The summed E-state index contributed by atoms with van der Waals surface area (Å²) in [6.45, 7) is 2.43. The van der Waals surface area contributed by atoms with E-state index in [4.69, 9.17) is 10.5 Å². The minimum Gasteiger partial charge on any atom is -0.487 e. The van der Waals surface area contributed by atoms with E-state index in [1.54, 1.807) is 0 Å². The zero-order valence-electron chi connectivity index (χ0n) is 11.3. The molecule has 1 atom stereocenters. The van der Waals surface area contributed by atoms with Gasteiger partial charge in [-0.3, -0.25) is 0 Å². The van der Waals surface area contributed by atoms with Gasteiger partial charge >= 0.3 is 0 Å². The number of nitrogens with one attached hydrogen (secondary N) is 1. The third-order valence-electron chi connectivity index (χ3n) is 3.16.